The number of aromatic hydroxyl groups is 1. The van der Waals surface area contributed by atoms with Gasteiger partial charge >= 0.3 is 0 Å². The standard InChI is InChI=1S/C15H16N2O3.C14H21NO.C2H6/c1-9(11-3-5-14(19)6-4-11)16-15(20)12-7-13(8-12)17-10(2)18;1-2-3-12-16-14-8-6-13(7-9-14)15-10-4-5-11-15;1-2/h3-9,19H,1-2H3,(H,16,20)(H,17,18);6-9H,2-5,10-12H2,1H3;1-2H3. The van der Waals surface area contributed by atoms with Crippen LogP contribution in [0.4, 0.5) is 5.69 Å². The van der Waals surface area contributed by atoms with Gasteiger partial charge in [-0.15, -0.1) is 0 Å². The van der Waals surface area contributed by atoms with E-state index in [1.807, 2.05) is 20.8 Å². The van der Waals surface area contributed by atoms with E-state index in [9.17, 15) is 14.7 Å². The highest BCUT2D eigenvalue weighted by Gasteiger charge is 2.18. The monoisotopic (exact) mass is 521 g/mol. The van der Waals surface area contributed by atoms with Gasteiger partial charge in [0.05, 0.1) is 12.6 Å². The second-order valence-electron chi connectivity index (χ2n) is 9.06. The molecule has 2 aromatic rings. The Morgan fingerprint density at radius 3 is 2.16 bits per heavy atom. The van der Waals surface area contributed by atoms with Crippen LogP contribution in [-0.4, -0.2) is 36.6 Å². The van der Waals surface area contributed by atoms with Crippen molar-refractivity contribution in [1.82, 2.24) is 10.6 Å². The van der Waals surface area contributed by atoms with Crippen LogP contribution in [0.2, 0.25) is 0 Å². The zero-order valence-electron chi connectivity index (χ0n) is 23.4. The number of nitrogens with one attached hydrogen (secondary N) is 2. The van der Waals surface area contributed by atoms with Gasteiger partial charge in [-0.05, 0) is 80.3 Å². The third-order valence-electron chi connectivity index (χ3n) is 6.02. The van der Waals surface area contributed by atoms with Crippen molar-refractivity contribution in [3.8, 4) is 11.5 Å². The first-order valence-electron chi connectivity index (χ1n) is 13.6. The first-order chi connectivity index (χ1) is 18.4. The van der Waals surface area contributed by atoms with Crippen molar-refractivity contribution in [1.29, 1.82) is 0 Å². The summed E-state index contributed by atoms with van der Waals surface area (Å²) in [7, 11) is 0. The van der Waals surface area contributed by atoms with Crippen LogP contribution < -0.4 is 20.3 Å². The van der Waals surface area contributed by atoms with Crippen LogP contribution in [-0.2, 0) is 9.59 Å². The van der Waals surface area contributed by atoms with Crippen molar-refractivity contribution in [3.63, 3.8) is 0 Å². The minimum Gasteiger partial charge on any atom is -0.508 e. The zero-order valence-corrected chi connectivity index (χ0v) is 23.4. The van der Waals surface area contributed by atoms with E-state index >= 15 is 0 Å². The van der Waals surface area contributed by atoms with Crippen molar-refractivity contribution in [3.05, 3.63) is 77.5 Å². The number of hydrogen-bond acceptors (Lipinski definition) is 5. The fourth-order valence-corrected chi connectivity index (χ4v) is 3.92. The van der Waals surface area contributed by atoms with Gasteiger partial charge in [-0.3, -0.25) is 9.59 Å². The summed E-state index contributed by atoms with van der Waals surface area (Å²) in [5.74, 6) is 0.831. The Balaban J connectivity index is 0.000000256. The average molecular weight is 522 g/mol. The van der Waals surface area contributed by atoms with E-state index in [2.05, 4.69) is 46.7 Å². The molecule has 0 bridgehead atoms. The number of carbonyl (C=O) groups excluding carboxylic acids is 2. The molecule has 0 radical (unpaired) electrons. The summed E-state index contributed by atoms with van der Waals surface area (Å²) >= 11 is 0. The van der Waals surface area contributed by atoms with Crippen LogP contribution in [0.25, 0.3) is 0 Å². The number of carbonyl (C=O) groups is 2. The molecule has 2 aromatic carbocycles. The van der Waals surface area contributed by atoms with Crippen LogP contribution in [0.5, 0.6) is 11.5 Å². The molecule has 1 saturated heterocycles. The lowest BCUT2D eigenvalue weighted by atomic mass is 10.0. The second kappa shape index (κ2) is 16.2. The summed E-state index contributed by atoms with van der Waals surface area (Å²) in [5, 5.41) is 14.7. The molecule has 1 atom stereocenters. The maximum atomic E-state index is 11.9. The van der Waals surface area contributed by atoms with Crippen molar-refractivity contribution < 1.29 is 19.4 Å². The smallest absolute Gasteiger partial charge is 0.251 e. The van der Waals surface area contributed by atoms with Crippen LogP contribution >= 0.6 is 0 Å². The summed E-state index contributed by atoms with van der Waals surface area (Å²) in [6.07, 6.45) is 8.23. The van der Waals surface area contributed by atoms with Crippen LogP contribution in [0.15, 0.2) is 72.0 Å². The predicted octanol–water partition coefficient (Wildman–Crippen LogP) is 6.02. The van der Waals surface area contributed by atoms with Crippen LogP contribution in [0.3, 0.4) is 0 Å². The number of benzene rings is 2. The molecule has 4 rings (SSSR count). The SMILES string of the molecule is CC.CC(=O)NC1=CC(C(=O)NC(C)c2ccc(O)cc2)=C1.CCCCOc1ccc(N2CCCC2)cc1. The summed E-state index contributed by atoms with van der Waals surface area (Å²) in [4.78, 5) is 25.2. The number of phenolic OH excluding ortho intramolecular Hbond substituents is 1. The number of anilines is 1. The van der Waals surface area contributed by atoms with E-state index in [0.29, 0.717) is 11.3 Å². The van der Waals surface area contributed by atoms with Gasteiger partial charge in [0, 0.05) is 37.0 Å². The number of phenols is 1. The molecule has 2 amide bonds. The Kier molecular flexibility index (Phi) is 13.0. The van der Waals surface area contributed by atoms with Gasteiger partial charge < -0.3 is 25.4 Å². The number of amides is 2. The number of hydrogen-bond donors (Lipinski definition) is 3. The lowest BCUT2D eigenvalue weighted by Gasteiger charge is -2.19. The molecule has 1 unspecified atom stereocenters. The minimum atomic E-state index is -0.195. The van der Waals surface area contributed by atoms with Gasteiger partial charge in [0.2, 0.25) is 5.91 Å². The fourth-order valence-electron chi connectivity index (χ4n) is 3.92. The summed E-state index contributed by atoms with van der Waals surface area (Å²) in [6, 6.07) is 15.0. The van der Waals surface area contributed by atoms with E-state index in [-0.39, 0.29) is 23.6 Å². The Morgan fingerprint density at radius 1 is 1.00 bits per heavy atom. The molecule has 2 aliphatic rings. The van der Waals surface area contributed by atoms with Gasteiger partial charge in [0.1, 0.15) is 11.5 Å². The van der Waals surface area contributed by atoms with Gasteiger partial charge in [-0.1, -0.05) is 39.3 Å². The van der Waals surface area contributed by atoms with E-state index in [4.69, 9.17) is 4.74 Å². The predicted molar refractivity (Wildman–Crippen MR) is 154 cm³/mol. The minimum absolute atomic E-state index is 0.163. The molecule has 7 heteroatoms. The average Bonchev–Trinajstić information content (AvgIpc) is 3.43. The Bertz CT molecular complexity index is 1070. The summed E-state index contributed by atoms with van der Waals surface area (Å²) < 4.78 is 5.65. The molecule has 0 spiro atoms. The molecular formula is C31H43N3O4. The third kappa shape index (κ3) is 9.96. The first-order valence-corrected chi connectivity index (χ1v) is 13.6. The van der Waals surface area contributed by atoms with E-state index in [1.165, 1.54) is 45.0 Å². The molecule has 1 aliphatic heterocycles. The van der Waals surface area contributed by atoms with Gasteiger partial charge in [-0.25, -0.2) is 0 Å². The highest BCUT2D eigenvalue weighted by atomic mass is 16.5. The topological polar surface area (TPSA) is 90.9 Å². The number of allylic oxidation sites excluding steroid dienone is 1. The number of rotatable bonds is 9. The molecule has 7 nitrogen and oxygen atoms in total. The molecule has 3 N–H and O–H groups in total. The lowest BCUT2D eigenvalue weighted by Crippen LogP contribution is -2.31. The van der Waals surface area contributed by atoms with E-state index in [1.54, 1.807) is 36.4 Å². The van der Waals surface area contributed by atoms with Crippen molar-refractivity contribution >= 4 is 17.5 Å². The third-order valence-corrected chi connectivity index (χ3v) is 6.02. The van der Waals surface area contributed by atoms with Crippen molar-refractivity contribution in [2.45, 2.75) is 66.3 Å². The maximum absolute atomic E-state index is 11.9. The van der Waals surface area contributed by atoms with Gasteiger partial charge in [-0.2, -0.15) is 0 Å². The fraction of sp³-hybridized carbons (Fsp3) is 0.419. The molecule has 1 fully saturated rings. The Morgan fingerprint density at radius 2 is 1.61 bits per heavy atom. The maximum Gasteiger partial charge on any atom is 0.251 e. The first kappa shape index (κ1) is 30.5. The van der Waals surface area contributed by atoms with E-state index < -0.39 is 0 Å². The highest BCUT2D eigenvalue weighted by molar-refractivity contribution is 6.00. The summed E-state index contributed by atoms with van der Waals surface area (Å²) in [6.45, 7) is 12.7. The number of nitrogens with zero attached hydrogens (tertiary/aromatic N) is 1. The molecule has 1 aliphatic carbocycles. The molecular weight excluding hydrogens is 478 g/mol. The van der Waals surface area contributed by atoms with Crippen molar-refractivity contribution in [2.24, 2.45) is 0 Å². The quantitative estimate of drug-likeness (QED) is 0.351. The normalized spacial score (nSPS) is 14.3. The van der Waals surface area contributed by atoms with Gasteiger partial charge in [0.15, 0.2) is 0 Å². The number of unbranched alkanes of at least 4 members (excludes halogenated alkanes) is 1. The largest absolute Gasteiger partial charge is 0.508 e. The van der Waals surface area contributed by atoms with Crippen LogP contribution in [0.1, 0.15) is 71.9 Å². The summed E-state index contributed by atoms with van der Waals surface area (Å²) in [5.41, 5.74) is 3.40. The molecule has 206 valence electrons. The van der Waals surface area contributed by atoms with Crippen molar-refractivity contribution in [2.75, 3.05) is 24.6 Å². The Labute approximate surface area is 227 Å². The lowest BCUT2D eigenvalue weighted by molar-refractivity contribution is -0.119. The molecule has 38 heavy (non-hydrogen) atoms. The molecule has 0 saturated carbocycles. The van der Waals surface area contributed by atoms with Gasteiger partial charge in [0.25, 0.3) is 5.91 Å². The zero-order chi connectivity index (χ0) is 27.9. The van der Waals surface area contributed by atoms with E-state index in [0.717, 1.165) is 24.3 Å². The number of ether oxygens (including phenoxy) is 1. The highest BCUT2D eigenvalue weighted by Crippen LogP contribution is 2.23. The molecule has 0 aromatic heterocycles. The Hall–Kier alpha value is -3.74. The van der Waals surface area contributed by atoms with Crippen LogP contribution in [0, 0.1) is 0 Å². The second-order valence-corrected chi connectivity index (χ2v) is 9.06. The molecule has 1 heterocycles.